The Bertz CT molecular complexity index is 468. The fourth-order valence-corrected chi connectivity index (χ4v) is 4.60. The molecule has 122 valence electrons. The van der Waals surface area contributed by atoms with Crippen molar-refractivity contribution in [2.75, 3.05) is 44.8 Å². The van der Waals surface area contributed by atoms with Crippen LogP contribution in [-0.2, 0) is 9.47 Å². The molecule has 2 atom stereocenters. The van der Waals surface area contributed by atoms with Gasteiger partial charge in [0.25, 0.3) is 0 Å². The number of likely N-dealkylation sites (tertiary alicyclic amines) is 1. The Kier molecular flexibility index (Phi) is 4.35. The zero-order valence-corrected chi connectivity index (χ0v) is 13.8. The van der Waals surface area contributed by atoms with Gasteiger partial charge >= 0.3 is 0 Å². The van der Waals surface area contributed by atoms with E-state index < -0.39 is 0 Å². The van der Waals surface area contributed by atoms with Crippen LogP contribution in [0.15, 0.2) is 11.6 Å². The zero-order valence-electron chi connectivity index (χ0n) is 13.0. The monoisotopic (exact) mass is 323 g/mol. The SMILES string of the molecule is c1csc(NC2COC3(CCN(CC4CCOC4)CC3)C2)n1. The molecule has 0 saturated carbocycles. The Labute approximate surface area is 136 Å². The number of aromatic nitrogens is 1. The summed E-state index contributed by atoms with van der Waals surface area (Å²) in [6.07, 6.45) is 6.53. The van der Waals surface area contributed by atoms with E-state index in [9.17, 15) is 0 Å². The summed E-state index contributed by atoms with van der Waals surface area (Å²) in [4.78, 5) is 6.92. The van der Waals surface area contributed by atoms with Crippen LogP contribution in [0.5, 0.6) is 0 Å². The van der Waals surface area contributed by atoms with Crippen molar-refractivity contribution in [1.82, 2.24) is 9.88 Å². The van der Waals surface area contributed by atoms with Crippen LogP contribution in [0.3, 0.4) is 0 Å². The predicted molar refractivity (Wildman–Crippen MR) is 87.4 cm³/mol. The lowest BCUT2D eigenvalue weighted by Gasteiger charge is -2.39. The van der Waals surface area contributed by atoms with Crippen molar-refractivity contribution in [1.29, 1.82) is 0 Å². The second kappa shape index (κ2) is 6.43. The smallest absolute Gasteiger partial charge is 0.182 e. The summed E-state index contributed by atoms with van der Waals surface area (Å²) < 4.78 is 11.7. The first-order chi connectivity index (χ1) is 10.8. The van der Waals surface area contributed by atoms with E-state index in [0.717, 1.165) is 50.1 Å². The Morgan fingerprint density at radius 2 is 2.27 bits per heavy atom. The van der Waals surface area contributed by atoms with Gasteiger partial charge in [-0.25, -0.2) is 4.98 Å². The number of hydrogen-bond acceptors (Lipinski definition) is 6. The van der Waals surface area contributed by atoms with Crippen LogP contribution in [-0.4, -0.2) is 61.0 Å². The average Bonchev–Trinajstić information content (AvgIpc) is 3.26. The molecule has 3 aliphatic rings. The van der Waals surface area contributed by atoms with Crippen molar-refractivity contribution in [2.24, 2.45) is 5.92 Å². The molecule has 4 heterocycles. The normalized spacial score (nSPS) is 31.8. The largest absolute Gasteiger partial charge is 0.381 e. The van der Waals surface area contributed by atoms with Crippen molar-refractivity contribution in [3.05, 3.63) is 11.6 Å². The maximum atomic E-state index is 6.22. The van der Waals surface area contributed by atoms with Gasteiger partial charge in [-0.3, -0.25) is 0 Å². The molecular formula is C16H25N3O2S. The number of rotatable bonds is 4. The molecule has 1 N–H and O–H groups in total. The number of hydrogen-bond donors (Lipinski definition) is 1. The summed E-state index contributed by atoms with van der Waals surface area (Å²) >= 11 is 1.67. The third-order valence-corrected chi connectivity index (χ3v) is 5.98. The standard InChI is InChI=1S/C16H25N3O2S/c1-7-20-11-13(1)10-19-5-2-16(3-6-19)9-14(12-21-16)18-15-17-4-8-22-15/h4,8,13-14H,1-3,5-7,9-12H2,(H,17,18). The maximum absolute atomic E-state index is 6.22. The quantitative estimate of drug-likeness (QED) is 0.920. The molecule has 3 aliphatic heterocycles. The third-order valence-electron chi connectivity index (χ3n) is 5.28. The number of thiazole rings is 1. The molecule has 0 aromatic carbocycles. The summed E-state index contributed by atoms with van der Waals surface area (Å²) in [6, 6.07) is 0.418. The second-order valence-electron chi connectivity index (χ2n) is 6.91. The highest BCUT2D eigenvalue weighted by Gasteiger charge is 2.43. The van der Waals surface area contributed by atoms with Crippen LogP contribution in [0, 0.1) is 5.92 Å². The van der Waals surface area contributed by atoms with Crippen LogP contribution < -0.4 is 5.32 Å². The molecule has 5 nitrogen and oxygen atoms in total. The highest BCUT2D eigenvalue weighted by Crippen LogP contribution is 2.37. The zero-order chi connectivity index (χ0) is 14.8. The molecule has 3 fully saturated rings. The van der Waals surface area contributed by atoms with Crippen LogP contribution >= 0.6 is 11.3 Å². The van der Waals surface area contributed by atoms with Gasteiger partial charge in [0.2, 0.25) is 0 Å². The van der Waals surface area contributed by atoms with Crippen LogP contribution in [0.2, 0.25) is 0 Å². The van der Waals surface area contributed by atoms with E-state index in [-0.39, 0.29) is 5.60 Å². The lowest BCUT2D eigenvalue weighted by molar-refractivity contribution is -0.0456. The van der Waals surface area contributed by atoms with Gasteiger partial charge in [-0.1, -0.05) is 0 Å². The van der Waals surface area contributed by atoms with Gasteiger partial charge in [-0.2, -0.15) is 0 Å². The summed E-state index contributed by atoms with van der Waals surface area (Å²) in [7, 11) is 0. The first-order valence-corrected chi connectivity index (χ1v) is 9.29. The molecule has 1 aromatic heterocycles. The molecule has 1 spiro atoms. The van der Waals surface area contributed by atoms with E-state index >= 15 is 0 Å². The second-order valence-corrected chi connectivity index (χ2v) is 7.80. The maximum Gasteiger partial charge on any atom is 0.182 e. The Morgan fingerprint density at radius 1 is 1.36 bits per heavy atom. The Hall–Kier alpha value is -0.690. The van der Waals surface area contributed by atoms with E-state index in [4.69, 9.17) is 9.47 Å². The Balaban J connectivity index is 1.26. The topological polar surface area (TPSA) is 46.6 Å². The minimum Gasteiger partial charge on any atom is -0.381 e. The molecular weight excluding hydrogens is 298 g/mol. The van der Waals surface area contributed by atoms with Gasteiger partial charge in [0.1, 0.15) is 0 Å². The van der Waals surface area contributed by atoms with Gasteiger partial charge < -0.3 is 19.7 Å². The van der Waals surface area contributed by atoms with Gasteiger partial charge in [0.15, 0.2) is 5.13 Å². The van der Waals surface area contributed by atoms with Gasteiger partial charge in [0.05, 0.1) is 24.9 Å². The van der Waals surface area contributed by atoms with Crippen molar-refractivity contribution >= 4 is 16.5 Å². The first-order valence-electron chi connectivity index (χ1n) is 8.41. The highest BCUT2D eigenvalue weighted by molar-refractivity contribution is 7.13. The molecule has 6 heteroatoms. The molecule has 22 heavy (non-hydrogen) atoms. The fraction of sp³-hybridized carbons (Fsp3) is 0.812. The van der Waals surface area contributed by atoms with Crippen molar-refractivity contribution < 1.29 is 9.47 Å². The lowest BCUT2D eigenvalue weighted by atomic mass is 9.87. The van der Waals surface area contributed by atoms with Crippen molar-refractivity contribution in [3.8, 4) is 0 Å². The van der Waals surface area contributed by atoms with E-state index in [1.807, 2.05) is 11.6 Å². The van der Waals surface area contributed by atoms with E-state index in [2.05, 4.69) is 15.2 Å². The van der Waals surface area contributed by atoms with Crippen molar-refractivity contribution in [2.45, 2.75) is 37.3 Å². The molecule has 1 aromatic rings. The van der Waals surface area contributed by atoms with Crippen molar-refractivity contribution in [3.63, 3.8) is 0 Å². The fourth-order valence-electron chi connectivity index (χ4n) is 3.99. The third kappa shape index (κ3) is 3.30. The molecule has 3 saturated heterocycles. The minimum atomic E-state index is 0.109. The molecule has 0 radical (unpaired) electrons. The number of ether oxygens (including phenoxy) is 2. The lowest BCUT2D eigenvalue weighted by Crippen LogP contribution is -2.45. The average molecular weight is 323 g/mol. The predicted octanol–water partition coefficient (Wildman–Crippen LogP) is 2.21. The molecule has 0 aliphatic carbocycles. The highest BCUT2D eigenvalue weighted by atomic mass is 32.1. The summed E-state index contributed by atoms with van der Waals surface area (Å²) in [5.74, 6) is 0.748. The van der Waals surface area contributed by atoms with Gasteiger partial charge in [0, 0.05) is 37.8 Å². The molecule has 0 amide bonds. The van der Waals surface area contributed by atoms with Crippen LogP contribution in [0.25, 0.3) is 0 Å². The number of piperidine rings is 1. The van der Waals surface area contributed by atoms with Crippen LogP contribution in [0.1, 0.15) is 25.7 Å². The number of anilines is 1. The molecule has 0 bridgehead atoms. The first kappa shape index (κ1) is 14.9. The summed E-state index contributed by atoms with van der Waals surface area (Å²) in [5.41, 5.74) is 0.109. The molecule has 2 unspecified atom stereocenters. The number of nitrogens with one attached hydrogen (secondary N) is 1. The Morgan fingerprint density at radius 3 is 3.00 bits per heavy atom. The van der Waals surface area contributed by atoms with Gasteiger partial charge in [-0.05, 0) is 31.6 Å². The van der Waals surface area contributed by atoms with Crippen LogP contribution in [0.4, 0.5) is 5.13 Å². The summed E-state index contributed by atoms with van der Waals surface area (Å²) in [5, 5.41) is 6.55. The van der Waals surface area contributed by atoms with Gasteiger partial charge in [-0.15, -0.1) is 11.3 Å². The van der Waals surface area contributed by atoms with E-state index in [1.54, 1.807) is 11.3 Å². The number of nitrogens with zero attached hydrogens (tertiary/aromatic N) is 2. The minimum absolute atomic E-state index is 0.109. The summed E-state index contributed by atoms with van der Waals surface area (Å²) in [6.45, 7) is 6.27. The van der Waals surface area contributed by atoms with E-state index in [0.29, 0.717) is 6.04 Å². The van der Waals surface area contributed by atoms with E-state index in [1.165, 1.54) is 26.1 Å². The molecule has 4 rings (SSSR count).